The Bertz CT molecular complexity index is 1130. The number of hydrogen-bond acceptors (Lipinski definition) is 9. The molecule has 9 heteroatoms. The molecule has 0 bridgehead atoms. The van der Waals surface area contributed by atoms with Crippen molar-refractivity contribution in [1.82, 2.24) is 19.9 Å². The Hall–Kier alpha value is -3.46. The molecule has 0 aliphatic carbocycles. The van der Waals surface area contributed by atoms with Crippen LogP contribution in [-0.4, -0.2) is 66.0 Å². The standard InChI is InChI=1S/C26H34N6O3/c1-6-18-24(17-12-13-23(33-4)31-26(17)34-5)28-19(7-2)25(29-18)30-20-15-32(16-21(20)35-8-3)22-11-9-10-14-27-22/h9-14,20-21H,6-8,15-16H2,1-5H3,(H,29,30)/t20-,21+/m1/s1. The molecule has 2 atom stereocenters. The van der Waals surface area contributed by atoms with Crippen LogP contribution in [-0.2, 0) is 17.6 Å². The van der Waals surface area contributed by atoms with Gasteiger partial charge in [0.25, 0.3) is 0 Å². The minimum Gasteiger partial charge on any atom is -0.481 e. The zero-order valence-electron chi connectivity index (χ0n) is 21.1. The van der Waals surface area contributed by atoms with Crippen molar-refractivity contribution in [1.29, 1.82) is 0 Å². The van der Waals surface area contributed by atoms with Crippen LogP contribution < -0.4 is 19.7 Å². The quantitative estimate of drug-likeness (QED) is 0.467. The summed E-state index contributed by atoms with van der Waals surface area (Å²) in [5.41, 5.74) is 3.35. The van der Waals surface area contributed by atoms with Crippen molar-refractivity contribution in [2.24, 2.45) is 0 Å². The maximum atomic E-state index is 6.10. The molecule has 4 rings (SSSR count). The lowest BCUT2D eigenvalue weighted by Crippen LogP contribution is -2.35. The molecule has 3 aromatic rings. The van der Waals surface area contributed by atoms with Crippen molar-refractivity contribution >= 4 is 11.6 Å². The topological polar surface area (TPSA) is 94.5 Å². The van der Waals surface area contributed by atoms with Gasteiger partial charge in [-0.2, -0.15) is 4.98 Å². The van der Waals surface area contributed by atoms with Crippen LogP contribution in [0, 0.1) is 0 Å². The van der Waals surface area contributed by atoms with Gasteiger partial charge in [0.05, 0.1) is 49.0 Å². The highest BCUT2D eigenvalue weighted by Gasteiger charge is 2.35. The zero-order chi connectivity index (χ0) is 24.8. The first kappa shape index (κ1) is 24.7. The number of ether oxygens (including phenoxy) is 3. The Morgan fingerprint density at radius 2 is 1.77 bits per heavy atom. The van der Waals surface area contributed by atoms with Gasteiger partial charge < -0.3 is 24.4 Å². The van der Waals surface area contributed by atoms with Crippen LogP contribution in [0.3, 0.4) is 0 Å². The summed E-state index contributed by atoms with van der Waals surface area (Å²) in [4.78, 5) is 21.3. The SMILES string of the molecule is CCO[C@H]1CN(c2ccccn2)C[C@H]1Nc1nc(CC)c(-c2ccc(OC)nc2OC)nc1CC. The minimum absolute atomic E-state index is 0.0177. The number of nitrogens with zero attached hydrogens (tertiary/aromatic N) is 5. The molecule has 3 aromatic heterocycles. The first-order chi connectivity index (χ1) is 17.1. The summed E-state index contributed by atoms with van der Waals surface area (Å²) in [5.74, 6) is 2.71. The average Bonchev–Trinajstić information content (AvgIpc) is 3.31. The highest BCUT2D eigenvalue weighted by Crippen LogP contribution is 2.33. The summed E-state index contributed by atoms with van der Waals surface area (Å²) in [7, 11) is 3.18. The molecule has 35 heavy (non-hydrogen) atoms. The van der Waals surface area contributed by atoms with Crippen LogP contribution >= 0.6 is 0 Å². The number of aromatic nitrogens is 4. The second kappa shape index (κ2) is 11.3. The summed E-state index contributed by atoms with van der Waals surface area (Å²) in [6.07, 6.45) is 3.29. The molecule has 0 amide bonds. The van der Waals surface area contributed by atoms with Gasteiger partial charge in [-0.25, -0.2) is 15.0 Å². The lowest BCUT2D eigenvalue weighted by Gasteiger charge is -2.22. The third kappa shape index (κ3) is 5.30. The predicted octanol–water partition coefficient (Wildman–Crippen LogP) is 3.78. The Kier molecular flexibility index (Phi) is 7.97. The average molecular weight is 479 g/mol. The van der Waals surface area contributed by atoms with Crippen LogP contribution in [0.1, 0.15) is 32.2 Å². The van der Waals surface area contributed by atoms with Gasteiger partial charge in [0.1, 0.15) is 11.6 Å². The number of anilines is 2. The second-order valence-electron chi connectivity index (χ2n) is 8.27. The van der Waals surface area contributed by atoms with E-state index in [0.717, 1.165) is 60.2 Å². The van der Waals surface area contributed by atoms with Gasteiger partial charge in [-0.15, -0.1) is 0 Å². The number of hydrogen-bond donors (Lipinski definition) is 1. The molecule has 4 heterocycles. The van der Waals surface area contributed by atoms with E-state index in [9.17, 15) is 0 Å². The van der Waals surface area contributed by atoms with E-state index in [0.29, 0.717) is 18.4 Å². The number of rotatable bonds is 10. The number of methoxy groups -OCH3 is 2. The molecule has 0 saturated carbocycles. The van der Waals surface area contributed by atoms with E-state index in [-0.39, 0.29) is 12.1 Å². The van der Waals surface area contributed by atoms with Gasteiger partial charge in [-0.05, 0) is 38.0 Å². The van der Waals surface area contributed by atoms with Crippen molar-refractivity contribution in [3.63, 3.8) is 0 Å². The fourth-order valence-corrected chi connectivity index (χ4v) is 4.40. The third-order valence-corrected chi connectivity index (χ3v) is 6.14. The van der Waals surface area contributed by atoms with Gasteiger partial charge in [0.2, 0.25) is 11.8 Å². The number of aryl methyl sites for hydroxylation is 2. The van der Waals surface area contributed by atoms with E-state index in [2.05, 4.69) is 34.0 Å². The molecule has 1 aliphatic rings. The molecule has 1 aliphatic heterocycles. The fraction of sp³-hybridized carbons (Fsp3) is 0.462. The van der Waals surface area contributed by atoms with E-state index < -0.39 is 0 Å². The second-order valence-corrected chi connectivity index (χ2v) is 8.27. The summed E-state index contributed by atoms with van der Waals surface area (Å²) in [6.45, 7) is 8.38. The van der Waals surface area contributed by atoms with E-state index in [4.69, 9.17) is 24.2 Å². The largest absolute Gasteiger partial charge is 0.481 e. The molecule has 0 aromatic carbocycles. The third-order valence-electron chi connectivity index (χ3n) is 6.14. The number of nitrogens with one attached hydrogen (secondary N) is 1. The summed E-state index contributed by atoms with van der Waals surface area (Å²) in [5, 5.41) is 3.66. The Labute approximate surface area is 206 Å². The lowest BCUT2D eigenvalue weighted by atomic mass is 10.1. The van der Waals surface area contributed by atoms with Crippen LogP contribution in [0.5, 0.6) is 11.8 Å². The molecule has 1 saturated heterocycles. The van der Waals surface area contributed by atoms with Crippen LogP contribution in [0.4, 0.5) is 11.6 Å². The maximum absolute atomic E-state index is 6.10. The van der Waals surface area contributed by atoms with Crippen LogP contribution in [0.25, 0.3) is 11.3 Å². The molecule has 186 valence electrons. The van der Waals surface area contributed by atoms with E-state index >= 15 is 0 Å². The van der Waals surface area contributed by atoms with E-state index in [1.807, 2.05) is 43.5 Å². The molecular formula is C26H34N6O3. The molecular weight excluding hydrogens is 444 g/mol. The van der Waals surface area contributed by atoms with E-state index in [1.165, 1.54) is 0 Å². The van der Waals surface area contributed by atoms with Crippen molar-refractivity contribution in [2.75, 3.05) is 44.1 Å². The summed E-state index contributed by atoms with van der Waals surface area (Å²) in [6, 6.07) is 9.77. The molecule has 9 nitrogen and oxygen atoms in total. The summed E-state index contributed by atoms with van der Waals surface area (Å²) < 4.78 is 16.9. The normalized spacial score (nSPS) is 17.5. The molecule has 1 fully saturated rings. The molecule has 1 N–H and O–H groups in total. The maximum Gasteiger partial charge on any atom is 0.226 e. The molecule has 0 radical (unpaired) electrons. The van der Waals surface area contributed by atoms with Crippen molar-refractivity contribution in [3.05, 3.63) is 47.9 Å². The smallest absolute Gasteiger partial charge is 0.226 e. The first-order valence-electron chi connectivity index (χ1n) is 12.1. The Balaban J connectivity index is 1.66. The van der Waals surface area contributed by atoms with Gasteiger partial charge in [0, 0.05) is 32.0 Å². The molecule has 0 unspecified atom stereocenters. The zero-order valence-corrected chi connectivity index (χ0v) is 21.1. The van der Waals surface area contributed by atoms with Gasteiger partial charge in [-0.1, -0.05) is 19.9 Å². The Morgan fingerprint density at radius 1 is 0.943 bits per heavy atom. The van der Waals surface area contributed by atoms with E-state index in [1.54, 1.807) is 14.2 Å². The highest BCUT2D eigenvalue weighted by atomic mass is 16.5. The van der Waals surface area contributed by atoms with Crippen molar-refractivity contribution in [3.8, 4) is 23.0 Å². The van der Waals surface area contributed by atoms with Crippen LogP contribution in [0.15, 0.2) is 36.5 Å². The van der Waals surface area contributed by atoms with Crippen molar-refractivity contribution in [2.45, 2.75) is 45.8 Å². The highest BCUT2D eigenvalue weighted by molar-refractivity contribution is 5.69. The minimum atomic E-state index is 0.0177. The summed E-state index contributed by atoms with van der Waals surface area (Å²) >= 11 is 0. The van der Waals surface area contributed by atoms with Gasteiger partial charge in [-0.3, -0.25) is 0 Å². The van der Waals surface area contributed by atoms with Gasteiger partial charge >= 0.3 is 0 Å². The first-order valence-corrected chi connectivity index (χ1v) is 12.1. The van der Waals surface area contributed by atoms with Gasteiger partial charge in [0.15, 0.2) is 0 Å². The number of pyridine rings is 2. The van der Waals surface area contributed by atoms with Crippen LogP contribution in [0.2, 0.25) is 0 Å². The monoisotopic (exact) mass is 478 g/mol. The molecule has 0 spiro atoms. The Morgan fingerprint density at radius 3 is 2.43 bits per heavy atom. The predicted molar refractivity (Wildman–Crippen MR) is 136 cm³/mol. The fourth-order valence-electron chi connectivity index (χ4n) is 4.40. The lowest BCUT2D eigenvalue weighted by molar-refractivity contribution is 0.0719. The van der Waals surface area contributed by atoms with Crippen molar-refractivity contribution < 1.29 is 14.2 Å².